The van der Waals surface area contributed by atoms with Crippen LogP contribution in [0.4, 0.5) is 0 Å². The number of benzene rings is 1. The molecule has 1 nitrogen and oxygen atoms in total. The molecule has 1 fully saturated rings. The third kappa shape index (κ3) is 1.71. The quantitative estimate of drug-likeness (QED) is 0.488. The van der Waals surface area contributed by atoms with E-state index in [1.165, 1.54) is 28.4 Å². The monoisotopic (exact) mass is 378 g/mol. The molecule has 2 aliphatic rings. The van der Waals surface area contributed by atoms with Crippen LogP contribution in [-0.2, 0) is 0 Å². The molecule has 0 aromatic heterocycles. The van der Waals surface area contributed by atoms with E-state index < -0.39 is 0 Å². The van der Waals surface area contributed by atoms with E-state index >= 15 is 0 Å². The molecule has 1 heterocycles. The predicted molar refractivity (Wildman–Crippen MR) is 72.9 cm³/mol. The summed E-state index contributed by atoms with van der Waals surface area (Å²) in [6.45, 7) is 0. The van der Waals surface area contributed by atoms with E-state index in [0.29, 0.717) is 16.8 Å². The molecule has 0 saturated heterocycles. The van der Waals surface area contributed by atoms with E-state index in [-0.39, 0.29) is 0 Å². The lowest BCUT2D eigenvalue weighted by molar-refractivity contribution is 0.168. The maximum Gasteiger partial charge on any atom is 0.123 e. The molecule has 1 aromatic rings. The fourth-order valence-corrected chi connectivity index (χ4v) is 4.15. The zero-order valence-electron chi connectivity index (χ0n) is 8.25. The molecule has 0 spiro atoms. The van der Waals surface area contributed by atoms with Gasteiger partial charge in [0.05, 0.1) is 0 Å². The van der Waals surface area contributed by atoms with Gasteiger partial charge < -0.3 is 4.74 Å². The van der Waals surface area contributed by atoms with Crippen LogP contribution in [0.3, 0.4) is 0 Å². The van der Waals surface area contributed by atoms with Crippen molar-refractivity contribution in [2.24, 2.45) is 0 Å². The standard InChI is InChI=1S/C12H12BrIO/c13-9-2-1-3-11-12(9)8-6-7(14)4-5-10(8)15-11/h4-6,9,11-12H,1-3H2. The minimum Gasteiger partial charge on any atom is -0.489 e. The van der Waals surface area contributed by atoms with E-state index in [9.17, 15) is 0 Å². The molecule has 3 rings (SSSR count). The molecule has 0 N–H and O–H groups in total. The molecule has 0 amide bonds. The number of halogens is 2. The van der Waals surface area contributed by atoms with Crippen molar-refractivity contribution in [2.75, 3.05) is 0 Å². The lowest BCUT2D eigenvalue weighted by Gasteiger charge is -2.28. The molecule has 1 aliphatic carbocycles. The van der Waals surface area contributed by atoms with Crippen LogP contribution in [0.15, 0.2) is 18.2 Å². The van der Waals surface area contributed by atoms with Crippen molar-refractivity contribution in [3.8, 4) is 5.75 Å². The fraction of sp³-hybridized carbons (Fsp3) is 0.500. The summed E-state index contributed by atoms with van der Waals surface area (Å²) >= 11 is 6.18. The first-order valence-corrected chi connectivity index (χ1v) is 7.35. The van der Waals surface area contributed by atoms with Crippen molar-refractivity contribution < 1.29 is 4.74 Å². The number of hydrogen-bond acceptors (Lipinski definition) is 1. The van der Waals surface area contributed by atoms with Gasteiger partial charge in [-0.1, -0.05) is 15.9 Å². The minimum atomic E-state index is 0.413. The Morgan fingerprint density at radius 3 is 3.07 bits per heavy atom. The molecule has 3 unspecified atom stereocenters. The lowest BCUT2D eigenvalue weighted by atomic mass is 9.83. The smallest absolute Gasteiger partial charge is 0.123 e. The largest absolute Gasteiger partial charge is 0.489 e. The number of alkyl halides is 1. The van der Waals surface area contributed by atoms with Crippen molar-refractivity contribution in [1.29, 1.82) is 0 Å². The average molecular weight is 379 g/mol. The molecule has 3 heteroatoms. The van der Waals surface area contributed by atoms with Crippen LogP contribution >= 0.6 is 38.5 Å². The first-order chi connectivity index (χ1) is 7.25. The van der Waals surface area contributed by atoms with Gasteiger partial charge in [0, 0.05) is 19.9 Å². The fourth-order valence-electron chi connectivity index (χ4n) is 2.68. The highest BCUT2D eigenvalue weighted by molar-refractivity contribution is 14.1. The summed E-state index contributed by atoms with van der Waals surface area (Å²) in [6, 6.07) is 6.52. The van der Waals surface area contributed by atoms with Crippen LogP contribution in [0.5, 0.6) is 5.75 Å². The van der Waals surface area contributed by atoms with Crippen LogP contribution in [0.2, 0.25) is 0 Å². The SMILES string of the molecule is BrC1CCCC2Oc3ccc(I)cc3C12. The Hall–Kier alpha value is 0.230. The molecule has 15 heavy (non-hydrogen) atoms. The summed E-state index contributed by atoms with van der Waals surface area (Å²) < 4.78 is 7.31. The molecule has 1 aliphatic heterocycles. The summed E-state index contributed by atoms with van der Waals surface area (Å²) in [5.41, 5.74) is 1.41. The molecule has 80 valence electrons. The van der Waals surface area contributed by atoms with Crippen LogP contribution in [0.25, 0.3) is 0 Å². The van der Waals surface area contributed by atoms with Gasteiger partial charge in [-0.05, 0) is 60.1 Å². The van der Waals surface area contributed by atoms with Crippen molar-refractivity contribution in [1.82, 2.24) is 0 Å². The highest BCUT2D eigenvalue weighted by Gasteiger charge is 2.40. The van der Waals surface area contributed by atoms with E-state index in [1.54, 1.807) is 0 Å². The predicted octanol–water partition coefficient (Wildman–Crippen LogP) is 4.08. The highest BCUT2D eigenvalue weighted by Crippen LogP contribution is 2.48. The highest BCUT2D eigenvalue weighted by atomic mass is 127. The third-order valence-corrected chi connectivity index (χ3v) is 5.07. The maximum atomic E-state index is 6.00. The molecule has 1 saturated carbocycles. The molecule has 0 radical (unpaired) electrons. The maximum absolute atomic E-state index is 6.00. The summed E-state index contributed by atoms with van der Waals surface area (Å²) in [7, 11) is 0. The van der Waals surface area contributed by atoms with E-state index in [0.717, 1.165) is 5.75 Å². The second-order valence-electron chi connectivity index (χ2n) is 4.31. The van der Waals surface area contributed by atoms with Crippen molar-refractivity contribution in [3.05, 3.63) is 27.3 Å². The molecular formula is C12H12BrIO. The van der Waals surface area contributed by atoms with Gasteiger partial charge in [-0.25, -0.2) is 0 Å². The summed E-state index contributed by atoms with van der Waals surface area (Å²) in [5, 5.41) is 0. The Bertz CT molecular complexity index is 393. The van der Waals surface area contributed by atoms with Gasteiger partial charge in [-0.2, -0.15) is 0 Å². The number of ether oxygens (including phenoxy) is 1. The summed E-state index contributed by atoms with van der Waals surface area (Å²) in [4.78, 5) is 0.593. The normalized spacial score (nSPS) is 33.1. The number of hydrogen-bond donors (Lipinski definition) is 0. The Kier molecular flexibility index (Phi) is 2.71. The second-order valence-corrected chi connectivity index (χ2v) is 6.73. The van der Waals surface area contributed by atoms with Crippen LogP contribution in [-0.4, -0.2) is 10.9 Å². The Morgan fingerprint density at radius 2 is 2.20 bits per heavy atom. The van der Waals surface area contributed by atoms with Crippen molar-refractivity contribution in [3.63, 3.8) is 0 Å². The van der Waals surface area contributed by atoms with Gasteiger partial charge in [0.1, 0.15) is 11.9 Å². The second kappa shape index (κ2) is 3.91. The average Bonchev–Trinajstić information content (AvgIpc) is 2.57. The molecular weight excluding hydrogens is 367 g/mol. The Balaban J connectivity index is 2.04. The van der Waals surface area contributed by atoms with Crippen molar-refractivity contribution in [2.45, 2.75) is 36.1 Å². The summed E-state index contributed by atoms with van der Waals surface area (Å²) in [6.07, 6.45) is 4.17. The number of rotatable bonds is 0. The van der Waals surface area contributed by atoms with Crippen LogP contribution < -0.4 is 4.74 Å². The zero-order chi connectivity index (χ0) is 10.4. The number of fused-ring (bicyclic) bond motifs is 3. The van der Waals surface area contributed by atoms with Gasteiger partial charge in [-0.15, -0.1) is 0 Å². The van der Waals surface area contributed by atoms with E-state index in [4.69, 9.17) is 4.74 Å². The van der Waals surface area contributed by atoms with E-state index in [1.807, 2.05) is 0 Å². The van der Waals surface area contributed by atoms with Crippen molar-refractivity contribution >= 4 is 38.5 Å². The van der Waals surface area contributed by atoms with Gasteiger partial charge in [0.2, 0.25) is 0 Å². The third-order valence-electron chi connectivity index (χ3n) is 3.37. The summed E-state index contributed by atoms with van der Waals surface area (Å²) in [5.74, 6) is 1.68. The Morgan fingerprint density at radius 1 is 1.33 bits per heavy atom. The minimum absolute atomic E-state index is 0.413. The van der Waals surface area contributed by atoms with E-state index in [2.05, 4.69) is 56.7 Å². The van der Waals surface area contributed by atoms with Gasteiger partial charge in [-0.3, -0.25) is 0 Å². The first-order valence-electron chi connectivity index (χ1n) is 5.36. The molecule has 1 aromatic carbocycles. The topological polar surface area (TPSA) is 9.23 Å². The van der Waals surface area contributed by atoms with Crippen LogP contribution in [0, 0.1) is 3.57 Å². The van der Waals surface area contributed by atoms with Crippen LogP contribution in [0.1, 0.15) is 30.7 Å². The zero-order valence-corrected chi connectivity index (χ0v) is 12.0. The molecule has 0 bridgehead atoms. The lowest BCUT2D eigenvalue weighted by Crippen LogP contribution is -2.30. The van der Waals surface area contributed by atoms with Gasteiger partial charge in [0.15, 0.2) is 0 Å². The Labute approximate surface area is 112 Å². The van der Waals surface area contributed by atoms with Gasteiger partial charge >= 0.3 is 0 Å². The molecule has 3 atom stereocenters. The first kappa shape index (κ1) is 10.4. The van der Waals surface area contributed by atoms with Gasteiger partial charge in [0.25, 0.3) is 0 Å².